The monoisotopic (exact) mass is 260 g/mol. The topological polar surface area (TPSA) is 67.4 Å². The first-order valence-corrected chi connectivity index (χ1v) is 6.61. The van der Waals surface area contributed by atoms with Crippen LogP contribution in [0, 0.1) is 0 Å². The van der Waals surface area contributed by atoms with Gasteiger partial charge >= 0.3 is 0 Å². The molecule has 0 aromatic heterocycles. The van der Waals surface area contributed by atoms with Crippen molar-refractivity contribution < 1.29 is 21.9 Å². The molecule has 0 aliphatic heterocycles. The maximum absolute atomic E-state index is 11.6. The molecule has 0 radical (unpaired) electrons. The van der Waals surface area contributed by atoms with Crippen molar-refractivity contribution in [2.24, 2.45) is 0 Å². The predicted molar refractivity (Wildman–Crippen MR) is 57.2 cm³/mol. The molecule has 16 heavy (non-hydrogen) atoms. The van der Waals surface area contributed by atoms with Crippen LogP contribution in [0.4, 0.5) is 8.78 Å². The molecule has 0 aliphatic rings. The van der Waals surface area contributed by atoms with Crippen molar-refractivity contribution >= 4 is 10.0 Å². The van der Waals surface area contributed by atoms with Crippen LogP contribution in [0.3, 0.4) is 0 Å². The van der Waals surface area contributed by atoms with Crippen LogP contribution in [0.5, 0.6) is 0 Å². The third-order valence-corrected chi connectivity index (χ3v) is 3.12. The average molecular weight is 260 g/mol. The molecule has 98 valence electrons. The van der Waals surface area contributed by atoms with E-state index in [9.17, 15) is 17.2 Å². The van der Waals surface area contributed by atoms with E-state index in [1.54, 1.807) is 7.05 Å². The second-order valence-electron chi connectivity index (χ2n) is 3.14. The minimum atomic E-state index is -3.31. The molecule has 2 N–H and O–H groups in total. The Bertz CT molecular complexity index is 260. The Morgan fingerprint density at radius 3 is 2.56 bits per heavy atom. The first kappa shape index (κ1) is 15.7. The molecule has 0 spiro atoms. The fraction of sp³-hybridized carbons (Fsp3) is 1.00. The second-order valence-corrected chi connectivity index (χ2v) is 5.06. The maximum Gasteiger partial charge on any atom is 0.261 e. The summed E-state index contributed by atoms with van der Waals surface area (Å²) in [6.45, 7) is -0.0749. The fourth-order valence-electron chi connectivity index (χ4n) is 0.953. The minimum absolute atomic E-state index is 0.0166. The van der Waals surface area contributed by atoms with Crippen molar-refractivity contribution in [2.45, 2.75) is 12.8 Å². The van der Waals surface area contributed by atoms with E-state index < -0.39 is 23.1 Å². The molecule has 0 bridgehead atoms. The van der Waals surface area contributed by atoms with E-state index in [0.29, 0.717) is 13.0 Å². The number of alkyl halides is 2. The average Bonchev–Trinajstić information content (AvgIpc) is 2.16. The molecule has 0 fully saturated rings. The molecule has 0 heterocycles. The highest BCUT2D eigenvalue weighted by Gasteiger charge is 2.08. The third-order valence-electron chi connectivity index (χ3n) is 1.65. The van der Waals surface area contributed by atoms with Crippen LogP contribution in [0.25, 0.3) is 0 Å². The molecule has 5 nitrogen and oxygen atoms in total. The first-order chi connectivity index (χ1) is 7.48. The van der Waals surface area contributed by atoms with Gasteiger partial charge in [-0.15, -0.1) is 0 Å². The lowest BCUT2D eigenvalue weighted by Crippen LogP contribution is -2.31. The van der Waals surface area contributed by atoms with Gasteiger partial charge in [0.2, 0.25) is 10.0 Å². The van der Waals surface area contributed by atoms with Gasteiger partial charge in [-0.3, -0.25) is 0 Å². The van der Waals surface area contributed by atoms with E-state index >= 15 is 0 Å². The summed E-state index contributed by atoms with van der Waals surface area (Å²) in [5.74, 6) is 0.0166. The number of nitrogens with one attached hydrogen (secondary N) is 2. The van der Waals surface area contributed by atoms with Crippen LogP contribution < -0.4 is 10.0 Å². The van der Waals surface area contributed by atoms with E-state index in [1.165, 1.54) is 0 Å². The largest absolute Gasteiger partial charge is 0.374 e. The fourth-order valence-corrected chi connectivity index (χ4v) is 2.02. The summed E-state index contributed by atoms with van der Waals surface area (Å²) in [5, 5.41) is 2.83. The molecule has 0 saturated carbocycles. The molecule has 0 rings (SSSR count). The molecule has 0 atom stereocenters. The van der Waals surface area contributed by atoms with Crippen LogP contribution in [-0.4, -0.2) is 53.9 Å². The summed E-state index contributed by atoms with van der Waals surface area (Å²) in [4.78, 5) is 0. The lowest BCUT2D eigenvalue weighted by atomic mass is 10.5. The molecule has 0 aliphatic carbocycles. The third kappa shape index (κ3) is 10.2. The van der Waals surface area contributed by atoms with Gasteiger partial charge in [-0.05, 0) is 20.0 Å². The number of hydrogen-bond donors (Lipinski definition) is 2. The van der Waals surface area contributed by atoms with Gasteiger partial charge in [0, 0.05) is 6.54 Å². The normalized spacial score (nSPS) is 12.2. The lowest BCUT2D eigenvalue weighted by Gasteiger charge is -2.07. The quantitative estimate of drug-likeness (QED) is 0.534. The number of hydrogen-bond acceptors (Lipinski definition) is 4. The number of halogens is 2. The van der Waals surface area contributed by atoms with Crippen LogP contribution >= 0.6 is 0 Å². The van der Waals surface area contributed by atoms with Gasteiger partial charge in [-0.1, -0.05) is 0 Å². The highest BCUT2D eigenvalue weighted by Crippen LogP contribution is 1.92. The standard InChI is InChI=1S/C8H18F2N2O3S/c1-11-3-2-6-16(13,14)12-4-5-15-7-8(9)10/h8,11-12H,2-7H2,1H3. The smallest absolute Gasteiger partial charge is 0.261 e. The minimum Gasteiger partial charge on any atom is -0.374 e. The van der Waals surface area contributed by atoms with Crippen molar-refractivity contribution in [3.8, 4) is 0 Å². The van der Waals surface area contributed by atoms with Gasteiger partial charge < -0.3 is 10.1 Å². The molecule has 0 amide bonds. The molecule has 0 unspecified atom stereocenters. The summed E-state index contributed by atoms with van der Waals surface area (Å²) >= 11 is 0. The Morgan fingerprint density at radius 1 is 1.31 bits per heavy atom. The Hall–Kier alpha value is -0.310. The molecule has 0 saturated heterocycles. The zero-order chi connectivity index (χ0) is 12.4. The van der Waals surface area contributed by atoms with Gasteiger partial charge in [-0.2, -0.15) is 0 Å². The van der Waals surface area contributed by atoms with Gasteiger partial charge in [0.25, 0.3) is 6.43 Å². The van der Waals surface area contributed by atoms with Gasteiger partial charge in [-0.25, -0.2) is 21.9 Å². The Kier molecular flexibility index (Phi) is 8.63. The maximum atomic E-state index is 11.6. The first-order valence-electron chi connectivity index (χ1n) is 4.96. The van der Waals surface area contributed by atoms with Crippen molar-refractivity contribution in [3.05, 3.63) is 0 Å². The van der Waals surface area contributed by atoms with Gasteiger partial charge in [0.15, 0.2) is 0 Å². The van der Waals surface area contributed by atoms with E-state index in [0.717, 1.165) is 0 Å². The molecule has 8 heteroatoms. The SMILES string of the molecule is CNCCCS(=O)(=O)NCCOCC(F)F. The number of ether oxygens (including phenoxy) is 1. The van der Waals surface area contributed by atoms with E-state index in [1.807, 2.05) is 0 Å². The highest BCUT2D eigenvalue weighted by molar-refractivity contribution is 7.89. The lowest BCUT2D eigenvalue weighted by molar-refractivity contribution is 0.0199. The predicted octanol–water partition coefficient (Wildman–Crippen LogP) is -0.203. The van der Waals surface area contributed by atoms with Crippen LogP contribution in [0.1, 0.15) is 6.42 Å². The van der Waals surface area contributed by atoms with Crippen LogP contribution in [-0.2, 0) is 14.8 Å². The van der Waals surface area contributed by atoms with E-state index in [4.69, 9.17) is 0 Å². The van der Waals surface area contributed by atoms with E-state index in [-0.39, 0.29) is 18.9 Å². The van der Waals surface area contributed by atoms with Crippen molar-refractivity contribution in [1.82, 2.24) is 10.0 Å². The van der Waals surface area contributed by atoms with E-state index in [2.05, 4.69) is 14.8 Å². The zero-order valence-electron chi connectivity index (χ0n) is 9.21. The molecular formula is C8H18F2N2O3S. The Morgan fingerprint density at radius 2 is 2.00 bits per heavy atom. The zero-order valence-corrected chi connectivity index (χ0v) is 10.0. The summed E-state index contributed by atoms with van der Waals surface area (Å²) in [6.07, 6.45) is -2.02. The van der Waals surface area contributed by atoms with Crippen molar-refractivity contribution in [2.75, 3.05) is 39.1 Å². The summed E-state index contributed by atoms with van der Waals surface area (Å²) in [6, 6.07) is 0. The van der Waals surface area contributed by atoms with Crippen molar-refractivity contribution in [3.63, 3.8) is 0 Å². The Labute approximate surface area is 94.6 Å². The van der Waals surface area contributed by atoms with Crippen molar-refractivity contribution in [1.29, 1.82) is 0 Å². The second kappa shape index (κ2) is 8.80. The van der Waals surface area contributed by atoms with Crippen LogP contribution in [0.2, 0.25) is 0 Å². The summed E-state index contributed by atoms with van der Waals surface area (Å²) in [7, 11) is -1.58. The molecule has 0 aromatic carbocycles. The Balaban J connectivity index is 3.51. The van der Waals surface area contributed by atoms with Gasteiger partial charge in [0.1, 0.15) is 6.61 Å². The highest BCUT2D eigenvalue weighted by atomic mass is 32.2. The summed E-state index contributed by atoms with van der Waals surface area (Å²) in [5.41, 5.74) is 0. The molecule has 0 aromatic rings. The number of rotatable bonds is 10. The molecular weight excluding hydrogens is 242 g/mol. The van der Waals surface area contributed by atoms with Crippen LogP contribution in [0.15, 0.2) is 0 Å². The number of sulfonamides is 1. The van der Waals surface area contributed by atoms with Gasteiger partial charge in [0.05, 0.1) is 12.4 Å². The summed E-state index contributed by atoms with van der Waals surface area (Å²) < 4.78 is 52.6.